The number of carbonyl (C=O) groups is 1. The van der Waals surface area contributed by atoms with Crippen molar-refractivity contribution in [1.82, 2.24) is 20.2 Å². The quantitative estimate of drug-likeness (QED) is 0.718. The summed E-state index contributed by atoms with van der Waals surface area (Å²) in [4.78, 5) is 13.4. The molecule has 4 aliphatic rings. The van der Waals surface area contributed by atoms with Gasteiger partial charge in [0.25, 0.3) is 0 Å². The number of Topliss-reactive ketones (excluding diaryl/α,β-unsaturated/α-hetero) is 1. The van der Waals surface area contributed by atoms with E-state index in [0.29, 0.717) is 41.8 Å². The summed E-state index contributed by atoms with van der Waals surface area (Å²) < 4.78 is 7.73. The minimum atomic E-state index is -0.545. The molecular formula is C26H42N4O3. The Morgan fingerprint density at radius 1 is 1.15 bits per heavy atom. The number of ketones is 1. The lowest BCUT2D eigenvalue weighted by atomic mass is 9.42. The minimum Gasteiger partial charge on any atom is -0.390 e. The molecule has 4 aliphatic carbocycles. The monoisotopic (exact) mass is 458 g/mol. The molecule has 0 saturated heterocycles. The summed E-state index contributed by atoms with van der Waals surface area (Å²) in [7, 11) is 1.87. The summed E-state index contributed by atoms with van der Waals surface area (Å²) in [6.07, 6.45) is 9.90. The number of tetrazole rings is 1. The fourth-order valence-corrected chi connectivity index (χ4v) is 9.36. The van der Waals surface area contributed by atoms with E-state index in [4.69, 9.17) is 4.74 Å². The van der Waals surface area contributed by atoms with Crippen molar-refractivity contribution in [2.45, 2.75) is 104 Å². The number of aryl methyl sites for hydroxylation is 1. The highest BCUT2D eigenvalue weighted by Crippen LogP contribution is 2.69. The molecule has 0 unspecified atom stereocenters. The zero-order valence-electron chi connectivity index (χ0n) is 21.1. The Morgan fingerprint density at radius 2 is 1.94 bits per heavy atom. The molecule has 1 N–H and O–H groups in total. The Morgan fingerprint density at radius 3 is 2.64 bits per heavy atom. The summed E-state index contributed by atoms with van der Waals surface area (Å²) in [6.45, 7) is 8.85. The van der Waals surface area contributed by atoms with E-state index in [-0.39, 0.29) is 22.9 Å². The van der Waals surface area contributed by atoms with Crippen molar-refractivity contribution >= 4 is 5.78 Å². The molecular weight excluding hydrogens is 416 g/mol. The Hall–Kier alpha value is -1.34. The lowest BCUT2D eigenvalue weighted by molar-refractivity contribution is -0.199. The Balaban J connectivity index is 1.41. The standard InChI is InChI=1S/C26H42N4O3/c1-16(33-5)26-13-12-24(3,32)14-18(26)6-7-19-20-8-9-22(25(20,4)11-10-21(19)26)23(31)15-30-17(2)27-28-29-30/h16,18-22,32H,6-15H2,1-5H3/t16-,18+,19-,20-,21-,22+,24+,25-,26+/m0/s1. The molecule has 7 nitrogen and oxygen atoms in total. The predicted molar refractivity (Wildman–Crippen MR) is 124 cm³/mol. The van der Waals surface area contributed by atoms with E-state index in [1.165, 1.54) is 19.3 Å². The fraction of sp³-hybridized carbons (Fsp3) is 0.923. The van der Waals surface area contributed by atoms with Crippen molar-refractivity contribution in [2.75, 3.05) is 7.11 Å². The van der Waals surface area contributed by atoms with Crippen LogP contribution in [0.3, 0.4) is 0 Å². The smallest absolute Gasteiger partial charge is 0.158 e. The largest absolute Gasteiger partial charge is 0.390 e. The third kappa shape index (κ3) is 3.51. The molecule has 1 aromatic heterocycles. The number of rotatable bonds is 5. The molecule has 0 aliphatic heterocycles. The van der Waals surface area contributed by atoms with E-state index in [9.17, 15) is 9.90 Å². The zero-order chi connectivity index (χ0) is 23.6. The molecule has 33 heavy (non-hydrogen) atoms. The third-order valence-corrected chi connectivity index (χ3v) is 11.0. The molecule has 1 heterocycles. The van der Waals surface area contributed by atoms with Gasteiger partial charge in [-0.1, -0.05) is 6.92 Å². The van der Waals surface area contributed by atoms with Crippen molar-refractivity contribution in [1.29, 1.82) is 0 Å². The molecule has 0 spiro atoms. The summed E-state index contributed by atoms with van der Waals surface area (Å²) in [5, 5.41) is 22.6. The Kier molecular flexibility index (Phi) is 5.75. The summed E-state index contributed by atoms with van der Waals surface area (Å²) >= 11 is 0. The van der Waals surface area contributed by atoms with Gasteiger partial charge in [0.05, 0.1) is 11.7 Å². The third-order valence-electron chi connectivity index (χ3n) is 11.0. The van der Waals surface area contributed by atoms with Crippen LogP contribution in [0.5, 0.6) is 0 Å². The predicted octanol–water partition coefficient (Wildman–Crippen LogP) is 3.98. The second kappa shape index (κ2) is 8.11. The van der Waals surface area contributed by atoms with Crippen LogP contribution in [0.25, 0.3) is 0 Å². The first-order chi connectivity index (χ1) is 15.6. The number of aromatic nitrogens is 4. The van der Waals surface area contributed by atoms with E-state index >= 15 is 0 Å². The van der Waals surface area contributed by atoms with Crippen LogP contribution in [-0.2, 0) is 16.1 Å². The topological polar surface area (TPSA) is 90.1 Å². The van der Waals surface area contributed by atoms with Crippen molar-refractivity contribution < 1.29 is 14.6 Å². The van der Waals surface area contributed by atoms with Gasteiger partial charge in [0.1, 0.15) is 12.4 Å². The number of hydrogen-bond acceptors (Lipinski definition) is 6. The number of carbonyl (C=O) groups excluding carboxylic acids is 1. The van der Waals surface area contributed by atoms with Gasteiger partial charge in [-0.25, -0.2) is 4.68 Å². The lowest BCUT2D eigenvalue weighted by Gasteiger charge is -2.64. The molecule has 4 saturated carbocycles. The highest BCUT2D eigenvalue weighted by molar-refractivity contribution is 5.82. The SMILES string of the molecule is CO[C@@H](C)[C@]12CC[C@@](C)(O)C[C@H]1CC[C@H]1[C@@H]3CC[C@H](C(=O)Cn4nnnc4C)[C@@]3(C)CC[C@@H]12. The summed E-state index contributed by atoms with van der Waals surface area (Å²) in [6, 6.07) is 0. The first kappa shape index (κ1) is 23.4. The van der Waals surface area contributed by atoms with Gasteiger partial charge in [-0.05, 0) is 118 Å². The number of methoxy groups -OCH3 is 1. The van der Waals surface area contributed by atoms with Crippen LogP contribution in [0.15, 0.2) is 0 Å². The number of aliphatic hydroxyl groups is 1. The highest BCUT2D eigenvalue weighted by atomic mass is 16.5. The van der Waals surface area contributed by atoms with E-state index in [2.05, 4.69) is 29.4 Å². The molecule has 1 aromatic rings. The average molecular weight is 459 g/mol. The first-order valence-corrected chi connectivity index (χ1v) is 13.1. The van der Waals surface area contributed by atoms with E-state index < -0.39 is 5.60 Å². The minimum absolute atomic E-state index is 0.0741. The Bertz CT molecular complexity index is 900. The first-order valence-electron chi connectivity index (χ1n) is 13.1. The van der Waals surface area contributed by atoms with Gasteiger partial charge in [0.15, 0.2) is 5.78 Å². The van der Waals surface area contributed by atoms with Gasteiger partial charge in [0.2, 0.25) is 0 Å². The van der Waals surface area contributed by atoms with Gasteiger partial charge in [-0.3, -0.25) is 4.79 Å². The van der Waals surface area contributed by atoms with Gasteiger partial charge in [0, 0.05) is 18.4 Å². The molecule has 9 atom stereocenters. The molecule has 7 heteroatoms. The van der Waals surface area contributed by atoms with Gasteiger partial charge >= 0.3 is 0 Å². The van der Waals surface area contributed by atoms with Gasteiger partial charge in [-0.2, -0.15) is 0 Å². The molecule has 0 amide bonds. The van der Waals surface area contributed by atoms with Crippen molar-refractivity contribution in [2.24, 2.45) is 40.4 Å². The maximum absolute atomic E-state index is 13.4. The normalized spacial score (nSPS) is 45.7. The highest BCUT2D eigenvalue weighted by Gasteiger charge is 2.64. The molecule has 5 rings (SSSR count). The molecule has 184 valence electrons. The number of hydrogen-bond donors (Lipinski definition) is 1. The van der Waals surface area contributed by atoms with Crippen LogP contribution in [0.4, 0.5) is 0 Å². The van der Waals surface area contributed by atoms with Gasteiger partial charge < -0.3 is 9.84 Å². The maximum Gasteiger partial charge on any atom is 0.158 e. The van der Waals surface area contributed by atoms with Crippen molar-refractivity contribution in [3.8, 4) is 0 Å². The maximum atomic E-state index is 13.4. The molecule has 4 fully saturated rings. The number of ether oxygens (including phenoxy) is 1. The average Bonchev–Trinajstić information content (AvgIpc) is 3.34. The molecule has 0 radical (unpaired) electrons. The van der Waals surface area contributed by atoms with Crippen molar-refractivity contribution in [3.05, 3.63) is 5.82 Å². The van der Waals surface area contributed by atoms with Crippen LogP contribution in [-0.4, -0.2) is 49.9 Å². The fourth-order valence-electron chi connectivity index (χ4n) is 9.36. The number of nitrogens with zero attached hydrogens (tertiary/aromatic N) is 4. The summed E-state index contributed by atoms with van der Waals surface area (Å²) in [5.74, 6) is 3.54. The Labute approximate surface area is 198 Å². The van der Waals surface area contributed by atoms with Crippen LogP contribution >= 0.6 is 0 Å². The van der Waals surface area contributed by atoms with E-state index in [0.717, 1.165) is 38.5 Å². The second-order valence-corrected chi connectivity index (χ2v) is 12.4. The van der Waals surface area contributed by atoms with E-state index in [1.54, 1.807) is 4.68 Å². The van der Waals surface area contributed by atoms with Crippen LogP contribution in [0.2, 0.25) is 0 Å². The molecule has 0 aromatic carbocycles. The lowest BCUT2D eigenvalue weighted by Crippen LogP contribution is -2.60. The van der Waals surface area contributed by atoms with Gasteiger partial charge in [-0.15, -0.1) is 5.10 Å². The summed E-state index contributed by atoms with van der Waals surface area (Å²) in [5.41, 5.74) is -0.311. The van der Waals surface area contributed by atoms with Crippen molar-refractivity contribution in [3.63, 3.8) is 0 Å². The second-order valence-electron chi connectivity index (χ2n) is 12.4. The van der Waals surface area contributed by atoms with E-state index in [1.807, 2.05) is 21.0 Å². The van der Waals surface area contributed by atoms with Crippen LogP contribution in [0, 0.1) is 47.3 Å². The van der Waals surface area contributed by atoms with Crippen LogP contribution < -0.4 is 0 Å². The zero-order valence-corrected chi connectivity index (χ0v) is 21.1. The molecule has 0 bridgehead atoms. The van der Waals surface area contributed by atoms with Crippen LogP contribution in [0.1, 0.15) is 84.4 Å². The number of fused-ring (bicyclic) bond motifs is 5.